The number of pyridine rings is 1. The van der Waals surface area contributed by atoms with Crippen LogP contribution in [0.3, 0.4) is 0 Å². The molecule has 114 valence electrons. The van der Waals surface area contributed by atoms with Gasteiger partial charge in [0.2, 0.25) is 5.95 Å². The number of nitrogens with zero attached hydrogens (tertiary/aromatic N) is 2. The largest absolute Gasteiger partial charge is 0.445 e. The molecule has 3 rings (SSSR count). The second-order valence-corrected chi connectivity index (χ2v) is 5.39. The fourth-order valence-corrected chi connectivity index (χ4v) is 2.64. The van der Waals surface area contributed by atoms with Crippen LogP contribution in [0.5, 0.6) is 0 Å². The molecule has 4 nitrogen and oxygen atoms in total. The van der Waals surface area contributed by atoms with Gasteiger partial charge in [0.15, 0.2) is 0 Å². The van der Waals surface area contributed by atoms with Gasteiger partial charge >= 0.3 is 6.09 Å². The van der Waals surface area contributed by atoms with Crippen molar-refractivity contribution in [1.82, 2.24) is 9.88 Å². The number of aromatic nitrogens is 1. The highest BCUT2D eigenvalue weighted by Crippen LogP contribution is 2.27. The number of amides is 1. The van der Waals surface area contributed by atoms with E-state index in [1.54, 1.807) is 17.2 Å². The number of benzene rings is 1. The minimum absolute atomic E-state index is 0.192. The van der Waals surface area contributed by atoms with Crippen LogP contribution in [0.4, 0.5) is 9.18 Å². The molecule has 1 aromatic heterocycles. The third-order valence-electron chi connectivity index (χ3n) is 3.87. The van der Waals surface area contributed by atoms with Gasteiger partial charge in [0.25, 0.3) is 0 Å². The average molecular weight is 300 g/mol. The van der Waals surface area contributed by atoms with Gasteiger partial charge in [0, 0.05) is 25.2 Å². The molecule has 0 aliphatic carbocycles. The summed E-state index contributed by atoms with van der Waals surface area (Å²) in [6.45, 7) is 1.51. The molecule has 1 saturated heterocycles. The van der Waals surface area contributed by atoms with Gasteiger partial charge in [0.1, 0.15) is 6.61 Å². The molecule has 1 amide bonds. The summed E-state index contributed by atoms with van der Waals surface area (Å²) in [6.07, 6.45) is 2.08. The van der Waals surface area contributed by atoms with Crippen LogP contribution < -0.4 is 0 Å². The first-order chi connectivity index (χ1) is 10.7. The normalized spacial score (nSPS) is 17.5. The summed E-state index contributed by atoms with van der Waals surface area (Å²) in [4.78, 5) is 17.4. The lowest BCUT2D eigenvalue weighted by molar-refractivity contribution is 0.104. The lowest BCUT2D eigenvalue weighted by Crippen LogP contribution is -2.29. The Morgan fingerprint density at radius 1 is 1.27 bits per heavy atom. The van der Waals surface area contributed by atoms with E-state index in [1.165, 1.54) is 6.07 Å². The molecule has 1 unspecified atom stereocenters. The van der Waals surface area contributed by atoms with Crippen molar-refractivity contribution < 1.29 is 13.9 Å². The third kappa shape index (κ3) is 3.42. The molecule has 1 aliphatic rings. The highest BCUT2D eigenvalue weighted by molar-refractivity contribution is 5.68. The lowest BCUT2D eigenvalue weighted by Gasteiger charge is -2.16. The first-order valence-corrected chi connectivity index (χ1v) is 7.29. The predicted molar refractivity (Wildman–Crippen MR) is 79.8 cm³/mol. The maximum absolute atomic E-state index is 12.8. The van der Waals surface area contributed by atoms with E-state index < -0.39 is 5.95 Å². The van der Waals surface area contributed by atoms with Gasteiger partial charge in [-0.1, -0.05) is 36.4 Å². The molecule has 0 bridgehead atoms. The minimum atomic E-state index is -0.485. The highest BCUT2D eigenvalue weighted by Gasteiger charge is 2.28. The van der Waals surface area contributed by atoms with E-state index in [0.29, 0.717) is 13.1 Å². The van der Waals surface area contributed by atoms with Crippen molar-refractivity contribution >= 4 is 6.09 Å². The summed E-state index contributed by atoms with van der Waals surface area (Å²) in [5, 5.41) is 0. The van der Waals surface area contributed by atoms with Gasteiger partial charge < -0.3 is 9.64 Å². The Morgan fingerprint density at radius 3 is 2.82 bits per heavy atom. The minimum Gasteiger partial charge on any atom is -0.445 e. The van der Waals surface area contributed by atoms with Crippen LogP contribution in [-0.4, -0.2) is 29.1 Å². The van der Waals surface area contributed by atoms with Crippen molar-refractivity contribution in [3.63, 3.8) is 0 Å². The maximum atomic E-state index is 12.8. The monoisotopic (exact) mass is 300 g/mol. The quantitative estimate of drug-likeness (QED) is 0.816. The summed E-state index contributed by atoms with van der Waals surface area (Å²) >= 11 is 0. The number of ether oxygens (including phenoxy) is 1. The van der Waals surface area contributed by atoms with E-state index >= 15 is 0 Å². The van der Waals surface area contributed by atoms with Crippen LogP contribution in [-0.2, 0) is 11.3 Å². The lowest BCUT2D eigenvalue weighted by atomic mass is 10.0. The molecule has 0 spiro atoms. The Balaban J connectivity index is 1.53. The summed E-state index contributed by atoms with van der Waals surface area (Å²) in [7, 11) is 0. The Kier molecular flexibility index (Phi) is 4.32. The molecule has 5 heteroatoms. The van der Waals surface area contributed by atoms with E-state index in [1.807, 2.05) is 30.3 Å². The summed E-state index contributed by atoms with van der Waals surface area (Å²) in [5.74, 6) is -0.293. The molecular formula is C17H17FN2O2. The summed E-state index contributed by atoms with van der Waals surface area (Å²) < 4.78 is 18.2. The molecule has 0 radical (unpaired) electrons. The number of hydrogen-bond acceptors (Lipinski definition) is 3. The first-order valence-electron chi connectivity index (χ1n) is 7.29. The van der Waals surface area contributed by atoms with Crippen molar-refractivity contribution in [2.24, 2.45) is 0 Å². The molecule has 2 heterocycles. The van der Waals surface area contributed by atoms with E-state index in [9.17, 15) is 9.18 Å². The standard InChI is InChI=1S/C17H17FN2O2/c18-16-7-6-14(10-19-16)15-8-9-20(11-15)17(21)22-12-13-4-2-1-3-5-13/h1-7,10,15H,8-9,11-12H2. The van der Waals surface area contributed by atoms with Gasteiger partial charge in [-0.25, -0.2) is 9.78 Å². The fraction of sp³-hybridized carbons (Fsp3) is 0.294. The van der Waals surface area contributed by atoms with Crippen LogP contribution in [0.1, 0.15) is 23.5 Å². The Bertz CT molecular complexity index is 631. The Hall–Kier alpha value is -2.43. The number of halogens is 1. The molecule has 1 aromatic carbocycles. The van der Waals surface area contributed by atoms with Crippen LogP contribution in [0.15, 0.2) is 48.7 Å². The Morgan fingerprint density at radius 2 is 2.09 bits per heavy atom. The zero-order chi connectivity index (χ0) is 15.4. The van der Waals surface area contributed by atoms with Gasteiger partial charge in [0.05, 0.1) is 0 Å². The van der Waals surface area contributed by atoms with E-state index in [-0.39, 0.29) is 18.6 Å². The van der Waals surface area contributed by atoms with Crippen LogP contribution in [0, 0.1) is 5.95 Å². The number of carbonyl (C=O) groups is 1. The molecular weight excluding hydrogens is 283 g/mol. The van der Waals surface area contributed by atoms with Gasteiger partial charge in [-0.05, 0) is 23.6 Å². The molecule has 1 aliphatic heterocycles. The Labute approximate surface area is 128 Å². The van der Waals surface area contributed by atoms with Gasteiger partial charge in [-0.15, -0.1) is 0 Å². The summed E-state index contributed by atoms with van der Waals surface area (Å²) in [6, 6.07) is 12.7. The zero-order valence-electron chi connectivity index (χ0n) is 12.1. The molecule has 2 aromatic rings. The van der Waals surface area contributed by atoms with Gasteiger partial charge in [-0.3, -0.25) is 0 Å². The van der Waals surface area contributed by atoms with Crippen molar-refractivity contribution in [2.45, 2.75) is 18.9 Å². The zero-order valence-corrected chi connectivity index (χ0v) is 12.1. The number of rotatable bonds is 3. The van der Waals surface area contributed by atoms with Crippen LogP contribution in [0.25, 0.3) is 0 Å². The SMILES string of the molecule is O=C(OCc1ccccc1)N1CCC(c2ccc(F)nc2)C1. The molecule has 0 saturated carbocycles. The van der Waals surface area contributed by atoms with Crippen molar-refractivity contribution in [2.75, 3.05) is 13.1 Å². The smallest absolute Gasteiger partial charge is 0.410 e. The summed E-state index contributed by atoms with van der Waals surface area (Å²) in [5.41, 5.74) is 1.93. The van der Waals surface area contributed by atoms with E-state index in [0.717, 1.165) is 17.5 Å². The topological polar surface area (TPSA) is 42.4 Å². The highest BCUT2D eigenvalue weighted by atomic mass is 19.1. The molecule has 22 heavy (non-hydrogen) atoms. The van der Waals surface area contributed by atoms with Crippen molar-refractivity contribution in [3.8, 4) is 0 Å². The third-order valence-corrected chi connectivity index (χ3v) is 3.87. The maximum Gasteiger partial charge on any atom is 0.410 e. The number of hydrogen-bond donors (Lipinski definition) is 0. The second kappa shape index (κ2) is 6.56. The second-order valence-electron chi connectivity index (χ2n) is 5.39. The first kappa shape index (κ1) is 14.5. The fourth-order valence-electron chi connectivity index (χ4n) is 2.64. The van der Waals surface area contributed by atoms with Gasteiger partial charge in [-0.2, -0.15) is 4.39 Å². The van der Waals surface area contributed by atoms with Crippen molar-refractivity contribution in [1.29, 1.82) is 0 Å². The van der Waals surface area contributed by atoms with E-state index in [2.05, 4.69) is 4.98 Å². The van der Waals surface area contributed by atoms with Crippen LogP contribution in [0.2, 0.25) is 0 Å². The van der Waals surface area contributed by atoms with Crippen LogP contribution >= 0.6 is 0 Å². The van der Waals surface area contributed by atoms with Crippen molar-refractivity contribution in [3.05, 3.63) is 65.7 Å². The predicted octanol–water partition coefficient (Wildman–Crippen LogP) is 3.35. The number of carbonyl (C=O) groups excluding carboxylic acids is 1. The average Bonchev–Trinajstić information content (AvgIpc) is 3.04. The molecule has 1 fully saturated rings. The molecule has 0 N–H and O–H groups in total. The van der Waals surface area contributed by atoms with E-state index in [4.69, 9.17) is 4.74 Å². The molecule has 1 atom stereocenters. The number of likely N-dealkylation sites (tertiary alicyclic amines) is 1.